The summed E-state index contributed by atoms with van der Waals surface area (Å²) in [6, 6.07) is 8.13. The van der Waals surface area contributed by atoms with Gasteiger partial charge in [-0.05, 0) is 114 Å². The zero-order chi connectivity index (χ0) is 84.0. The fourth-order valence-corrected chi connectivity index (χ4v) is 14.2. The van der Waals surface area contributed by atoms with Crippen LogP contribution in [0.5, 0.6) is 0 Å². The van der Waals surface area contributed by atoms with Crippen molar-refractivity contribution in [3.05, 3.63) is 108 Å². The molecule has 29 heteroatoms. The van der Waals surface area contributed by atoms with Crippen LogP contribution in [-0.4, -0.2) is 286 Å². The molecule has 6 N–H and O–H groups in total. The van der Waals surface area contributed by atoms with Gasteiger partial charge in [-0.15, -0.1) is 0 Å². The fraction of sp³-hybridized carbons (Fsp3) is 0.614. The minimum atomic E-state index is -1.90. The second-order valence-corrected chi connectivity index (χ2v) is 32.1. The second kappa shape index (κ2) is 42.7. The van der Waals surface area contributed by atoms with Crippen LogP contribution < -0.4 is 26.6 Å². The molecule has 2 fully saturated rings. The van der Waals surface area contributed by atoms with Crippen LogP contribution in [0.15, 0.2) is 91.0 Å². The van der Waals surface area contributed by atoms with Crippen molar-refractivity contribution in [3.8, 4) is 0 Å². The Morgan fingerprint density at radius 2 is 0.857 bits per heavy atom. The van der Waals surface area contributed by atoms with Gasteiger partial charge in [-0.1, -0.05) is 146 Å². The summed E-state index contributed by atoms with van der Waals surface area (Å²) in [6.45, 7) is 22.3. The predicted molar refractivity (Wildman–Crippen MR) is 425 cm³/mol. The Hall–Kier alpha value is -9.80. The van der Waals surface area contributed by atoms with Gasteiger partial charge in [-0.3, -0.25) is 67.1 Å². The van der Waals surface area contributed by atoms with Crippen LogP contribution in [0.1, 0.15) is 152 Å². The van der Waals surface area contributed by atoms with Crippen molar-refractivity contribution < 1.29 is 72.2 Å². The summed E-state index contributed by atoms with van der Waals surface area (Å²) in [5.74, 6) is -12.4. The third-order valence-electron chi connectivity index (χ3n) is 21.6. The van der Waals surface area contributed by atoms with E-state index in [1.54, 1.807) is 131 Å². The van der Waals surface area contributed by atoms with E-state index in [4.69, 9.17) is 0 Å². The molecule has 0 saturated carbocycles. The van der Waals surface area contributed by atoms with Gasteiger partial charge in [-0.2, -0.15) is 0 Å². The number of likely N-dealkylation sites (N-methyl/N-ethyl adjacent to an activating group) is 8. The van der Waals surface area contributed by atoms with Crippen molar-refractivity contribution >= 4 is 82.7 Å². The van der Waals surface area contributed by atoms with E-state index in [2.05, 4.69) is 26.6 Å². The summed E-state index contributed by atoms with van der Waals surface area (Å²) in [6.07, 6.45) is -0.142. The van der Waals surface area contributed by atoms with Gasteiger partial charge in [0.25, 0.3) is 0 Å². The van der Waals surface area contributed by atoms with Gasteiger partial charge in [0.1, 0.15) is 78.5 Å². The highest BCUT2D eigenvalue weighted by Gasteiger charge is 2.45. The fourth-order valence-electron chi connectivity index (χ4n) is 14.2. The van der Waals surface area contributed by atoms with E-state index in [9.17, 15) is 38.7 Å². The molecule has 14 atom stereocenters. The van der Waals surface area contributed by atoms with E-state index in [0.717, 1.165) is 53.6 Å². The number of carbonyl (C=O) groups is 14. The van der Waals surface area contributed by atoms with Crippen molar-refractivity contribution in [1.29, 1.82) is 0 Å². The second-order valence-electron chi connectivity index (χ2n) is 32.1. The Morgan fingerprint density at radius 1 is 0.464 bits per heavy atom. The number of aliphatic hydroxyl groups excluding tert-OH is 1. The Kier molecular flexibility index (Phi) is 35.4. The predicted octanol–water partition coefficient (Wildman–Crippen LogP) is 3.43. The molecule has 14 amide bonds. The van der Waals surface area contributed by atoms with Gasteiger partial charge >= 0.3 is 0 Å². The lowest BCUT2D eigenvalue weighted by atomic mass is 9.96. The molecule has 5 rings (SSSR count). The molecule has 0 unspecified atom stereocenters. The molecule has 0 spiro atoms. The monoisotopic (exact) mass is 1560 g/mol. The summed E-state index contributed by atoms with van der Waals surface area (Å²) >= 11 is 0. The van der Waals surface area contributed by atoms with Crippen LogP contribution in [0.3, 0.4) is 0 Å². The number of likely N-dealkylation sites (tertiary alicyclic amines) is 1. The van der Waals surface area contributed by atoms with Gasteiger partial charge in [0.2, 0.25) is 82.7 Å². The quantitative estimate of drug-likeness (QED) is 0.0890. The first-order chi connectivity index (χ1) is 52.5. The molecule has 3 aromatic carbocycles. The molecule has 2 saturated heterocycles. The van der Waals surface area contributed by atoms with Gasteiger partial charge in [0, 0.05) is 88.7 Å². The van der Waals surface area contributed by atoms with Crippen molar-refractivity contribution in [2.75, 3.05) is 69.5 Å². The zero-order valence-corrected chi connectivity index (χ0v) is 69.7. The number of amides is 14. The Morgan fingerprint density at radius 3 is 1.29 bits per heavy atom. The molecule has 2 aliphatic heterocycles. The van der Waals surface area contributed by atoms with E-state index in [0.29, 0.717) is 29.8 Å². The average Bonchev–Trinajstić information content (AvgIpc) is 0.821. The molecule has 2 heterocycles. The maximum atomic E-state index is 16.0. The number of hydrogen-bond acceptors (Lipinski definition) is 15. The van der Waals surface area contributed by atoms with Gasteiger partial charge < -0.3 is 75.8 Å². The number of nitrogens with zero attached hydrogens (tertiary/aromatic N) is 9. The minimum Gasteiger partial charge on any atom is -0.391 e. The first kappa shape index (κ1) is 92.8. The number of rotatable bonds is 21. The molecule has 0 aromatic heterocycles. The smallest absolute Gasteiger partial charge is 0.248 e. The SMILES string of the molecule is CC(C)C[C@H]1C(=O)N[C@H](C(=O)N(C)[C@@H](Cc2ccccc2)C(=O)N(C)[C@@H](Cc2ccccc2)C(=O)N[C@@H](C)C(=O)N2CCCCC2)CC(=O)N[C@@H](C)C(=O)N(C)[C@@H](Cc2ccccc2)C(=O)N(C)[C@@H](C)C(=O)N(C)[C@@H](CC(C)C)C(=O)N[C@@H]([C@@H](C)O)C(=O)N(C)[C@@H](C)C(=O)N(C)[C@@H](CC(C)C)C(=O)N[C@@H](C(C)C)C(=O)N1C. The molecule has 0 radical (unpaired) electrons. The summed E-state index contributed by atoms with van der Waals surface area (Å²) in [5.41, 5.74) is 1.84. The molecule has 112 heavy (non-hydrogen) atoms. The summed E-state index contributed by atoms with van der Waals surface area (Å²) in [4.78, 5) is 221. The van der Waals surface area contributed by atoms with E-state index < -0.39 is 174 Å². The highest BCUT2D eigenvalue weighted by Crippen LogP contribution is 2.24. The molecule has 2 aliphatic rings. The summed E-state index contributed by atoms with van der Waals surface area (Å²) < 4.78 is 0. The highest BCUT2D eigenvalue weighted by molar-refractivity contribution is 6.01. The minimum absolute atomic E-state index is 0.0262. The summed E-state index contributed by atoms with van der Waals surface area (Å²) in [7, 11) is 10.8. The largest absolute Gasteiger partial charge is 0.391 e. The number of nitrogens with one attached hydrogen (secondary N) is 5. The third kappa shape index (κ3) is 25.1. The van der Waals surface area contributed by atoms with Gasteiger partial charge in [0.05, 0.1) is 12.5 Å². The first-order valence-electron chi connectivity index (χ1n) is 39.3. The average molecular weight is 1560 g/mol. The van der Waals surface area contributed by atoms with Crippen molar-refractivity contribution in [3.63, 3.8) is 0 Å². The number of piperidine rings is 1. The molecule has 0 aliphatic carbocycles. The van der Waals surface area contributed by atoms with Crippen LogP contribution >= 0.6 is 0 Å². The highest BCUT2D eigenvalue weighted by atomic mass is 16.3. The van der Waals surface area contributed by atoms with Gasteiger partial charge in [0.15, 0.2) is 0 Å². The van der Waals surface area contributed by atoms with Crippen LogP contribution in [0.2, 0.25) is 0 Å². The maximum Gasteiger partial charge on any atom is 0.248 e. The van der Waals surface area contributed by atoms with Crippen LogP contribution in [0.25, 0.3) is 0 Å². The summed E-state index contributed by atoms with van der Waals surface area (Å²) in [5, 5.41) is 25.0. The van der Waals surface area contributed by atoms with Crippen molar-refractivity contribution in [2.24, 2.45) is 23.7 Å². The van der Waals surface area contributed by atoms with Crippen LogP contribution in [0, 0.1) is 23.7 Å². The van der Waals surface area contributed by atoms with E-state index in [1.807, 2.05) is 27.7 Å². The normalized spacial score (nSPS) is 23.9. The van der Waals surface area contributed by atoms with Crippen LogP contribution in [-0.2, 0) is 86.4 Å². The lowest BCUT2D eigenvalue weighted by molar-refractivity contribution is -0.152. The molecular weight excluding hydrogens is 1430 g/mol. The van der Waals surface area contributed by atoms with Crippen molar-refractivity contribution in [2.45, 2.75) is 239 Å². The lowest BCUT2D eigenvalue weighted by Gasteiger charge is -2.38. The topological polar surface area (TPSA) is 349 Å². The number of hydrogen-bond donors (Lipinski definition) is 6. The Bertz CT molecular complexity index is 3730. The molecule has 3 aromatic rings. The van der Waals surface area contributed by atoms with E-state index >= 15 is 33.6 Å². The molecule has 0 bridgehead atoms. The maximum absolute atomic E-state index is 16.0. The lowest BCUT2D eigenvalue weighted by Crippen LogP contribution is -2.62. The molecular formula is C83H126N14O15. The molecule has 618 valence electrons. The van der Waals surface area contributed by atoms with E-state index in [1.165, 1.54) is 89.0 Å². The Balaban J connectivity index is 1.71. The molecule has 29 nitrogen and oxygen atoms in total. The van der Waals surface area contributed by atoms with Crippen LogP contribution in [0.4, 0.5) is 0 Å². The zero-order valence-electron chi connectivity index (χ0n) is 69.7. The number of benzene rings is 3. The third-order valence-corrected chi connectivity index (χ3v) is 21.6. The van der Waals surface area contributed by atoms with Gasteiger partial charge in [-0.25, -0.2) is 0 Å². The standard InChI is InChI=1S/C83H126N14O15/c1-49(2)42-62-72(101)86-61(79(108)96(21)67(47-60-38-30-24-31-39-60)81(110)93(18)65(45-58-34-26-22-27-35-58)71(100)85-54(10)76(105)97-40-32-25-33-41-97)48-68(99)84-53(9)75(104)95(20)66(46-59-36-28-23-29-37-59)80(109)89(14)55(11)77(106)92(17)64(44-51(5)6)74(103)88-70(57(13)98)83(112)90(15)56(12)78(107)91(16)63(43-50(3)4)73(102)87-69(52(7)8)82(111)94(62)19/h22-24,26-31,34-39,49-57,61-67,69-70,98H,25,32-33,40-48H2,1-21H3,(H,84,99)(H,85,100)(H,86,101)(H,87,102)(H,88,103)/t53-,54-,55-,56-,57+,61-,62-,63-,64-,65-,66-,67-,69-,70-/m0/s1. The Labute approximate surface area is 662 Å². The van der Waals surface area contributed by atoms with E-state index in [-0.39, 0.29) is 62.2 Å². The van der Waals surface area contributed by atoms with Crippen molar-refractivity contribution in [1.82, 2.24) is 70.7 Å². The number of carbonyl (C=O) groups excluding carboxylic acids is 14. The number of aliphatic hydroxyl groups is 1. The first-order valence-corrected chi connectivity index (χ1v) is 39.3.